The molecular weight excluding hydrogens is 254 g/mol. The number of halogens is 4. The average molecular weight is 265 g/mol. The highest BCUT2D eigenvalue weighted by Gasteiger charge is 2.39. The van der Waals surface area contributed by atoms with Gasteiger partial charge in [0, 0.05) is 6.54 Å². The zero-order valence-electron chi connectivity index (χ0n) is 9.17. The number of nitrogens with one attached hydrogen (secondary N) is 1. The summed E-state index contributed by atoms with van der Waals surface area (Å²) in [7, 11) is 0. The van der Waals surface area contributed by atoms with Gasteiger partial charge in [0.1, 0.15) is 0 Å². The third-order valence-electron chi connectivity index (χ3n) is 2.24. The molecule has 0 atom stereocenters. The minimum absolute atomic E-state index is 0.0506. The maximum absolute atomic E-state index is 12.6. The molecule has 0 saturated carbocycles. The molecule has 100 valence electrons. The summed E-state index contributed by atoms with van der Waals surface area (Å²) in [6.45, 7) is -1.43. The van der Waals surface area contributed by atoms with E-state index in [1.54, 1.807) is 0 Å². The minimum Gasteiger partial charge on any atom is -0.478 e. The maximum atomic E-state index is 12.6. The predicted octanol–water partition coefficient (Wildman–Crippen LogP) is 2.37. The lowest BCUT2D eigenvalue weighted by molar-refractivity contribution is -0.125. The van der Waals surface area contributed by atoms with Crippen molar-refractivity contribution in [3.8, 4) is 0 Å². The van der Waals surface area contributed by atoms with Crippen LogP contribution in [0.15, 0.2) is 24.3 Å². The van der Waals surface area contributed by atoms with Crippen LogP contribution in [0.2, 0.25) is 0 Å². The molecule has 0 aliphatic rings. The molecule has 0 unspecified atom stereocenters. The maximum Gasteiger partial charge on any atom is 0.336 e. The molecule has 7 heteroatoms. The van der Waals surface area contributed by atoms with E-state index in [1.165, 1.54) is 24.3 Å². The molecule has 18 heavy (non-hydrogen) atoms. The topological polar surface area (TPSA) is 49.3 Å². The molecular formula is C11H11F4NO2. The number of rotatable bonds is 6. The zero-order chi connectivity index (χ0) is 13.8. The van der Waals surface area contributed by atoms with Crippen LogP contribution in [0.1, 0.15) is 15.9 Å². The Bertz CT molecular complexity index is 423. The first-order valence-electron chi connectivity index (χ1n) is 5.02. The van der Waals surface area contributed by atoms with Crippen molar-refractivity contribution in [1.82, 2.24) is 5.32 Å². The highest BCUT2D eigenvalue weighted by Crippen LogP contribution is 2.21. The van der Waals surface area contributed by atoms with Crippen molar-refractivity contribution in [3.05, 3.63) is 35.4 Å². The monoisotopic (exact) mass is 265 g/mol. The van der Waals surface area contributed by atoms with Gasteiger partial charge in [0.15, 0.2) is 0 Å². The average Bonchev–Trinajstić information content (AvgIpc) is 2.29. The number of carboxylic acid groups (broad SMARTS) is 1. The summed E-state index contributed by atoms with van der Waals surface area (Å²) in [6.07, 6.45) is -3.75. The van der Waals surface area contributed by atoms with Crippen molar-refractivity contribution in [2.45, 2.75) is 18.9 Å². The van der Waals surface area contributed by atoms with Gasteiger partial charge in [0.05, 0.1) is 12.1 Å². The highest BCUT2D eigenvalue weighted by atomic mass is 19.3. The summed E-state index contributed by atoms with van der Waals surface area (Å²) in [4.78, 5) is 10.8. The first-order valence-corrected chi connectivity index (χ1v) is 5.02. The van der Waals surface area contributed by atoms with Crippen LogP contribution in [0.5, 0.6) is 0 Å². The molecule has 0 spiro atoms. The van der Waals surface area contributed by atoms with Gasteiger partial charge in [-0.15, -0.1) is 0 Å². The Morgan fingerprint density at radius 3 is 2.50 bits per heavy atom. The highest BCUT2D eigenvalue weighted by molar-refractivity contribution is 5.89. The van der Waals surface area contributed by atoms with Crippen LogP contribution in [0.4, 0.5) is 17.6 Å². The molecule has 0 bridgehead atoms. The standard InChI is InChI=1S/C11H11F4NO2/c12-10(13)11(14,15)6-16-5-7-3-1-2-4-8(7)9(17)18/h1-4,10,16H,5-6H2,(H,17,18). The van der Waals surface area contributed by atoms with Crippen molar-refractivity contribution < 1.29 is 27.5 Å². The zero-order valence-corrected chi connectivity index (χ0v) is 9.17. The van der Waals surface area contributed by atoms with Crippen LogP contribution in [-0.2, 0) is 6.54 Å². The summed E-state index contributed by atoms with van der Waals surface area (Å²) < 4.78 is 48.9. The second kappa shape index (κ2) is 5.81. The van der Waals surface area contributed by atoms with Gasteiger partial charge in [-0.1, -0.05) is 18.2 Å². The fourth-order valence-corrected chi connectivity index (χ4v) is 1.32. The van der Waals surface area contributed by atoms with Gasteiger partial charge in [0.2, 0.25) is 0 Å². The summed E-state index contributed by atoms with van der Waals surface area (Å²) >= 11 is 0. The number of carboxylic acids is 1. The second-order valence-electron chi connectivity index (χ2n) is 3.63. The van der Waals surface area contributed by atoms with Gasteiger partial charge in [-0.05, 0) is 11.6 Å². The molecule has 0 aliphatic carbocycles. The van der Waals surface area contributed by atoms with Crippen LogP contribution in [0, 0.1) is 0 Å². The Balaban J connectivity index is 2.62. The Kier molecular flexibility index (Phi) is 4.66. The second-order valence-corrected chi connectivity index (χ2v) is 3.63. The Morgan fingerprint density at radius 2 is 1.94 bits per heavy atom. The lowest BCUT2D eigenvalue weighted by atomic mass is 10.1. The van der Waals surface area contributed by atoms with Crippen molar-refractivity contribution in [2.24, 2.45) is 0 Å². The number of hydrogen-bond acceptors (Lipinski definition) is 2. The van der Waals surface area contributed by atoms with Crippen LogP contribution in [-0.4, -0.2) is 30.0 Å². The Labute approximate surface area is 100 Å². The number of alkyl halides is 4. The molecule has 2 N–H and O–H groups in total. The summed E-state index contributed by atoms with van der Waals surface area (Å²) in [5.74, 6) is -5.33. The molecule has 1 aromatic carbocycles. The summed E-state index contributed by atoms with van der Waals surface area (Å²) in [6, 6.07) is 5.76. The van der Waals surface area contributed by atoms with Gasteiger partial charge in [0.25, 0.3) is 0 Å². The van der Waals surface area contributed by atoms with E-state index in [1.807, 2.05) is 0 Å². The lowest BCUT2D eigenvalue weighted by Crippen LogP contribution is -2.38. The van der Waals surface area contributed by atoms with E-state index in [4.69, 9.17) is 5.11 Å². The van der Waals surface area contributed by atoms with Crippen LogP contribution >= 0.6 is 0 Å². The molecule has 0 heterocycles. The largest absolute Gasteiger partial charge is 0.478 e. The third kappa shape index (κ3) is 3.69. The molecule has 0 fully saturated rings. The van der Waals surface area contributed by atoms with E-state index in [0.29, 0.717) is 0 Å². The van der Waals surface area contributed by atoms with Crippen molar-refractivity contribution in [1.29, 1.82) is 0 Å². The predicted molar refractivity (Wildman–Crippen MR) is 56.1 cm³/mol. The SMILES string of the molecule is O=C(O)c1ccccc1CNCC(F)(F)C(F)F. The number of hydrogen-bond donors (Lipinski definition) is 2. The van der Waals surface area contributed by atoms with Crippen LogP contribution in [0.25, 0.3) is 0 Å². The molecule has 0 aliphatic heterocycles. The first-order chi connectivity index (χ1) is 8.34. The Morgan fingerprint density at radius 1 is 1.33 bits per heavy atom. The van der Waals surface area contributed by atoms with Gasteiger partial charge in [-0.2, -0.15) is 8.78 Å². The molecule has 0 radical (unpaired) electrons. The van der Waals surface area contributed by atoms with E-state index in [-0.39, 0.29) is 17.7 Å². The van der Waals surface area contributed by atoms with Crippen LogP contribution in [0.3, 0.4) is 0 Å². The first kappa shape index (κ1) is 14.4. The third-order valence-corrected chi connectivity index (χ3v) is 2.24. The molecule has 0 saturated heterocycles. The van der Waals surface area contributed by atoms with E-state index in [2.05, 4.69) is 5.32 Å². The molecule has 0 amide bonds. The molecule has 3 nitrogen and oxygen atoms in total. The number of aromatic carboxylic acids is 1. The van der Waals surface area contributed by atoms with Gasteiger partial charge >= 0.3 is 18.3 Å². The van der Waals surface area contributed by atoms with Gasteiger partial charge in [-0.3, -0.25) is 0 Å². The smallest absolute Gasteiger partial charge is 0.336 e. The molecule has 1 aromatic rings. The lowest BCUT2D eigenvalue weighted by Gasteiger charge is -2.16. The number of carbonyl (C=O) groups is 1. The Hall–Kier alpha value is -1.63. The fraction of sp³-hybridized carbons (Fsp3) is 0.364. The van der Waals surface area contributed by atoms with Gasteiger partial charge < -0.3 is 10.4 Å². The number of benzene rings is 1. The van der Waals surface area contributed by atoms with Crippen molar-refractivity contribution in [3.63, 3.8) is 0 Å². The van der Waals surface area contributed by atoms with Crippen molar-refractivity contribution >= 4 is 5.97 Å². The molecule has 0 aromatic heterocycles. The molecule has 1 rings (SSSR count). The minimum atomic E-state index is -4.13. The quantitative estimate of drug-likeness (QED) is 0.776. The van der Waals surface area contributed by atoms with Gasteiger partial charge in [-0.25, -0.2) is 13.6 Å². The van der Waals surface area contributed by atoms with Crippen molar-refractivity contribution in [2.75, 3.05) is 6.54 Å². The normalized spacial score (nSPS) is 11.8. The van der Waals surface area contributed by atoms with Crippen LogP contribution < -0.4 is 5.32 Å². The van der Waals surface area contributed by atoms with E-state index < -0.39 is 24.9 Å². The van der Waals surface area contributed by atoms with E-state index in [9.17, 15) is 22.4 Å². The fourth-order valence-electron chi connectivity index (χ4n) is 1.32. The summed E-state index contributed by atoms with van der Waals surface area (Å²) in [5.41, 5.74) is 0.209. The van der Waals surface area contributed by atoms with E-state index >= 15 is 0 Å². The van der Waals surface area contributed by atoms with E-state index in [0.717, 1.165) is 0 Å². The summed E-state index contributed by atoms with van der Waals surface area (Å²) in [5, 5.41) is 10.9.